The molecule has 0 aliphatic carbocycles. The van der Waals surface area contributed by atoms with Gasteiger partial charge in [0.1, 0.15) is 17.7 Å². The Morgan fingerprint density at radius 3 is 2.53 bits per heavy atom. The van der Waals surface area contributed by atoms with E-state index in [1.807, 2.05) is 5.92 Å². The normalized spacial score (nSPS) is 28.7. The van der Waals surface area contributed by atoms with Crippen molar-refractivity contribution in [1.29, 1.82) is 0 Å². The second kappa shape index (κ2) is 9.49. The molecule has 0 bridgehead atoms. The average Bonchev–Trinajstić information content (AvgIpc) is 3.17. The molecular formula is C12H14ClFN5O12P3. The molecular weight excluding hydrogens is 554 g/mol. The number of phosphoric acid groups is 3. The average molecular weight is 568 g/mol. The number of nitrogens with two attached hydrogens (primary N) is 1. The van der Waals surface area contributed by atoms with Crippen molar-refractivity contribution in [3.05, 3.63) is 12.5 Å². The number of fused-ring (bicyclic) bond motifs is 1. The summed E-state index contributed by atoms with van der Waals surface area (Å²) in [5.41, 5.74) is 2.69. The summed E-state index contributed by atoms with van der Waals surface area (Å²) >= 11 is 5.32. The molecule has 3 rings (SSSR count). The molecule has 0 spiro atoms. The highest BCUT2D eigenvalue weighted by Gasteiger charge is 2.58. The molecule has 0 radical (unpaired) electrons. The Morgan fingerprint density at radius 2 is 1.91 bits per heavy atom. The van der Waals surface area contributed by atoms with E-state index in [-0.39, 0.29) is 17.1 Å². The summed E-state index contributed by atoms with van der Waals surface area (Å²) < 4.78 is 67.6. The fraction of sp³-hybridized carbons (Fsp3) is 0.417. The van der Waals surface area contributed by atoms with Crippen molar-refractivity contribution in [1.82, 2.24) is 19.5 Å². The predicted octanol–water partition coefficient (Wildman–Crippen LogP) is -0.0819. The fourth-order valence-corrected chi connectivity index (χ4v) is 6.02. The van der Waals surface area contributed by atoms with E-state index in [4.69, 9.17) is 31.9 Å². The van der Waals surface area contributed by atoms with E-state index < -0.39 is 54.2 Å². The van der Waals surface area contributed by atoms with Crippen LogP contribution in [-0.2, 0) is 31.6 Å². The van der Waals surface area contributed by atoms with Gasteiger partial charge in [-0.1, -0.05) is 0 Å². The van der Waals surface area contributed by atoms with Crippen LogP contribution in [0, 0.1) is 11.3 Å². The summed E-state index contributed by atoms with van der Waals surface area (Å²) in [5.74, 6) is 1.72. The van der Waals surface area contributed by atoms with Gasteiger partial charge in [0.05, 0.1) is 19.1 Å². The van der Waals surface area contributed by atoms with Crippen molar-refractivity contribution in [2.45, 2.75) is 24.1 Å². The predicted molar refractivity (Wildman–Crippen MR) is 107 cm³/mol. The molecule has 1 aliphatic rings. The van der Waals surface area contributed by atoms with Crippen LogP contribution in [0.2, 0.25) is 0 Å². The summed E-state index contributed by atoms with van der Waals surface area (Å²) in [4.78, 5) is 47.4. The van der Waals surface area contributed by atoms with Crippen LogP contribution < -0.4 is 5.73 Å². The molecule has 1 saturated heterocycles. The first kappa shape index (κ1) is 27.1. The Balaban J connectivity index is 1.83. The van der Waals surface area contributed by atoms with Crippen molar-refractivity contribution in [3.8, 4) is 11.3 Å². The van der Waals surface area contributed by atoms with Gasteiger partial charge in [-0.25, -0.2) is 28.1 Å². The van der Waals surface area contributed by atoms with Gasteiger partial charge in [0.2, 0.25) is 11.6 Å². The molecule has 188 valence electrons. The van der Waals surface area contributed by atoms with E-state index in [0.29, 0.717) is 0 Å². The number of imidazole rings is 1. The zero-order valence-corrected chi connectivity index (χ0v) is 19.6. The Bertz CT molecular complexity index is 1300. The third-order valence-electron chi connectivity index (χ3n) is 4.09. The van der Waals surface area contributed by atoms with E-state index in [1.54, 1.807) is 5.38 Å². The Kier molecular flexibility index (Phi) is 7.55. The number of hydrogen-bond donors (Lipinski definition) is 6. The minimum atomic E-state index is -5.79. The van der Waals surface area contributed by atoms with Gasteiger partial charge in [-0.3, -0.25) is 9.09 Å². The Labute approximate surface area is 193 Å². The Morgan fingerprint density at radius 1 is 1.24 bits per heavy atom. The molecule has 2 aromatic heterocycles. The molecule has 0 amide bonds. The van der Waals surface area contributed by atoms with Crippen molar-refractivity contribution < 1.29 is 60.6 Å². The number of nitrogen functional groups attached to an aromatic ring is 1. The van der Waals surface area contributed by atoms with Gasteiger partial charge in [-0.15, -0.1) is 0 Å². The molecule has 0 saturated carbocycles. The lowest BCUT2D eigenvalue weighted by Crippen LogP contribution is -2.42. The number of halogens is 2. The maximum atomic E-state index is 15.7. The zero-order chi connectivity index (χ0) is 25.5. The highest BCUT2D eigenvalue weighted by molar-refractivity contribution is 7.66. The maximum Gasteiger partial charge on any atom is 0.490 e. The first-order valence-electron chi connectivity index (χ1n) is 8.45. The van der Waals surface area contributed by atoms with E-state index in [9.17, 15) is 28.6 Å². The lowest BCUT2D eigenvalue weighted by Gasteiger charge is -2.23. The fourth-order valence-electron chi connectivity index (χ4n) is 2.84. The summed E-state index contributed by atoms with van der Waals surface area (Å²) in [6.45, 7) is -1.15. The van der Waals surface area contributed by atoms with Crippen molar-refractivity contribution in [3.63, 3.8) is 0 Å². The van der Waals surface area contributed by atoms with Crippen LogP contribution in [0.4, 0.5) is 10.3 Å². The number of anilines is 1. The molecule has 6 atom stereocenters. The standard InChI is InChI=1S/C12H14ClFN5O12P3/c13-2-1-12(14)8(20)7(4-28-33(24,25)31-34(26,27)30-32(21,22)23)29-10(12)19-5-17-6-3-16-11(15)18-9(6)19/h3,5,7-8,10,20H,4H2,(H,24,25)(H,26,27)(H2,15,16,18)(H2,21,22,23)/t7-,8+,10-,12?/m1/s1. The van der Waals surface area contributed by atoms with Gasteiger partial charge in [0, 0.05) is 5.38 Å². The van der Waals surface area contributed by atoms with E-state index in [2.05, 4.69) is 28.1 Å². The molecule has 0 aromatic carbocycles. The third kappa shape index (κ3) is 5.99. The van der Waals surface area contributed by atoms with Crippen LogP contribution in [0.3, 0.4) is 0 Å². The number of hydrogen-bond acceptors (Lipinski definition) is 12. The van der Waals surface area contributed by atoms with Gasteiger partial charge in [0.15, 0.2) is 11.9 Å². The number of phosphoric ester groups is 1. The summed E-state index contributed by atoms with van der Waals surface area (Å²) in [5, 5.41) is 12.2. The first-order chi connectivity index (χ1) is 15.6. The van der Waals surface area contributed by atoms with Gasteiger partial charge < -0.3 is 35.2 Å². The van der Waals surface area contributed by atoms with Crippen LogP contribution in [0.1, 0.15) is 6.23 Å². The van der Waals surface area contributed by atoms with Gasteiger partial charge in [-0.05, 0) is 17.5 Å². The van der Waals surface area contributed by atoms with Crippen molar-refractivity contribution >= 4 is 52.2 Å². The topological polar surface area (TPSA) is 259 Å². The molecule has 22 heteroatoms. The lowest BCUT2D eigenvalue weighted by molar-refractivity contribution is -0.0496. The number of aliphatic hydroxyl groups is 1. The highest BCUT2D eigenvalue weighted by atomic mass is 35.5. The molecule has 1 fully saturated rings. The molecule has 2 aromatic rings. The molecule has 3 heterocycles. The smallest absolute Gasteiger partial charge is 0.386 e. The second-order valence-corrected chi connectivity index (χ2v) is 11.0. The zero-order valence-electron chi connectivity index (χ0n) is 16.2. The van der Waals surface area contributed by atoms with Crippen LogP contribution in [0.25, 0.3) is 11.2 Å². The van der Waals surface area contributed by atoms with Crippen LogP contribution >= 0.6 is 35.1 Å². The molecule has 17 nitrogen and oxygen atoms in total. The summed E-state index contributed by atoms with van der Waals surface area (Å²) in [7, 11) is -17.0. The third-order valence-corrected chi connectivity index (χ3v) is 7.99. The number of aromatic nitrogens is 4. The van der Waals surface area contributed by atoms with Gasteiger partial charge >= 0.3 is 23.5 Å². The minimum absolute atomic E-state index is 0.0309. The van der Waals surface area contributed by atoms with E-state index >= 15 is 4.39 Å². The van der Waals surface area contributed by atoms with Crippen LogP contribution in [0.5, 0.6) is 0 Å². The number of aliphatic hydroxyl groups excluding tert-OH is 1. The van der Waals surface area contributed by atoms with Crippen LogP contribution in [-0.4, -0.2) is 68.7 Å². The Hall–Kier alpha value is -1.54. The first-order valence-corrected chi connectivity index (χ1v) is 13.4. The minimum Gasteiger partial charge on any atom is -0.386 e. The molecule has 3 unspecified atom stereocenters. The number of rotatable bonds is 8. The van der Waals surface area contributed by atoms with Crippen molar-refractivity contribution in [2.75, 3.05) is 12.3 Å². The number of alkyl halides is 1. The van der Waals surface area contributed by atoms with Crippen molar-refractivity contribution in [2.24, 2.45) is 0 Å². The monoisotopic (exact) mass is 567 g/mol. The van der Waals surface area contributed by atoms with Gasteiger partial charge in [-0.2, -0.15) is 13.6 Å². The molecule has 7 N–H and O–H groups in total. The second-order valence-electron chi connectivity index (χ2n) is 6.43. The maximum absolute atomic E-state index is 15.7. The largest absolute Gasteiger partial charge is 0.490 e. The summed E-state index contributed by atoms with van der Waals surface area (Å²) in [6, 6.07) is 0. The van der Waals surface area contributed by atoms with Crippen LogP contribution in [0.15, 0.2) is 12.5 Å². The SMILES string of the molecule is Nc1ncc2ncn([C@@H]3O[C@H](COP(=O)(O)OP(=O)(O)OP(=O)(O)O)[C@H](O)C3(F)C#CCl)c2n1. The molecule has 1 aliphatic heterocycles. The van der Waals surface area contributed by atoms with Gasteiger partial charge in [0.25, 0.3) is 0 Å². The number of nitrogens with zero attached hydrogens (tertiary/aromatic N) is 4. The summed E-state index contributed by atoms with van der Waals surface area (Å²) in [6.07, 6.45) is -3.48. The number of ether oxygens (including phenoxy) is 1. The quantitative estimate of drug-likeness (QED) is 0.180. The lowest BCUT2D eigenvalue weighted by atomic mass is 9.97. The molecule has 34 heavy (non-hydrogen) atoms. The van der Waals surface area contributed by atoms with E-state index in [1.165, 1.54) is 6.20 Å². The highest BCUT2D eigenvalue weighted by Crippen LogP contribution is 2.66. The van der Waals surface area contributed by atoms with E-state index in [0.717, 1.165) is 10.9 Å².